The molecule has 3 rings (SSSR count). The topological polar surface area (TPSA) is 29.5 Å². The molecule has 2 aromatic rings. The van der Waals surface area contributed by atoms with Gasteiger partial charge in [0.2, 0.25) is 0 Å². The number of carbonyl (C=O) groups excluding carboxylic acids is 1. The van der Waals surface area contributed by atoms with E-state index >= 15 is 0 Å². The van der Waals surface area contributed by atoms with E-state index in [2.05, 4.69) is 0 Å². The molecular weight excluding hydrogens is 288 g/mol. The highest BCUT2D eigenvalue weighted by molar-refractivity contribution is 5.94. The van der Waals surface area contributed by atoms with Crippen molar-refractivity contribution in [2.24, 2.45) is 0 Å². The molecule has 1 unspecified atom stereocenters. The number of amides is 1. The van der Waals surface area contributed by atoms with Crippen LogP contribution in [0.15, 0.2) is 48.5 Å². The zero-order chi connectivity index (χ0) is 15.5. The number of likely N-dealkylation sites (tertiary alicyclic amines) is 1. The Morgan fingerprint density at radius 2 is 1.86 bits per heavy atom. The highest BCUT2D eigenvalue weighted by atomic mass is 19.1. The van der Waals surface area contributed by atoms with Gasteiger partial charge in [-0.1, -0.05) is 6.07 Å². The number of hydrogen-bond acceptors (Lipinski definition) is 2. The Balaban J connectivity index is 1.62. The number of benzene rings is 2. The van der Waals surface area contributed by atoms with E-state index in [0.717, 1.165) is 0 Å². The van der Waals surface area contributed by atoms with Crippen LogP contribution >= 0.6 is 0 Å². The molecule has 2 aromatic carbocycles. The maximum atomic E-state index is 13.1. The summed E-state index contributed by atoms with van der Waals surface area (Å²) in [6.07, 6.45) is 0.523. The third-order valence-corrected chi connectivity index (χ3v) is 3.62. The van der Waals surface area contributed by atoms with E-state index in [1.165, 1.54) is 36.4 Å². The summed E-state index contributed by atoms with van der Waals surface area (Å²) in [5, 5.41) is 0. The molecule has 1 atom stereocenters. The summed E-state index contributed by atoms with van der Waals surface area (Å²) in [7, 11) is 0. The molecular formula is C17H15F2NO2. The molecule has 0 aromatic heterocycles. The fourth-order valence-corrected chi connectivity index (χ4v) is 2.52. The molecule has 22 heavy (non-hydrogen) atoms. The van der Waals surface area contributed by atoms with E-state index in [1.54, 1.807) is 17.0 Å². The molecule has 1 fully saturated rings. The molecule has 1 heterocycles. The van der Waals surface area contributed by atoms with Gasteiger partial charge in [-0.2, -0.15) is 0 Å². The van der Waals surface area contributed by atoms with Crippen molar-refractivity contribution >= 4 is 5.91 Å². The smallest absolute Gasteiger partial charge is 0.253 e. The van der Waals surface area contributed by atoms with Crippen molar-refractivity contribution in [3.05, 3.63) is 65.7 Å². The van der Waals surface area contributed by atoms with Gasteiger partial charge in [-0.05, 0) is 36.4 Å². The van der Waals surface area contributed by atoms with Gasteiger partial charge in [0, 0.05) is 24.6 Å². The Morgan fingerprint density at radius 3 is 2.59 bits per heavy atom. The summed E-state index contributed by atoms with van der Waals surface area (Å²) in [5.41, 5.74) is 0.452. The van der Waals surface area contributed by atoms with E-state index in [0.29, 0.717) is 30.8 Å². The predicted octanol–water partition coefficient (Wildman–Crippen LogP) is 3.26. The average Bonchev–Trinajstić information content (AvgIpc) is 2.96. The van der Waals surface area contributed by atoms with Crippen molar-refractivity contribution in [3.8, 4) is 5.75 Å². The molecule has 0 radical (unpaired) electrons. The fraction of sp³-hybridized carbons (Fsp3) is 0.235. The van der Waals surface area contributed by atoms with Crippen molar-refractivity contribution in [2.75, 3.05) is 13.1 Å². The monoisotopic (exact) mass is 303 g/mol. The van der Waals surface area contributed by atoms with Gasteiger partial charge in [-0.25, -0.2) is 8.78 Å². The van der Waals surface area contributed by atoms with Crippen LogP contribution in [0.1, 0.15) is 16.8 Å². The van der Waals surface area contributed by atoms with Crippen LogP contribution in [0.4, 0.5) is 8.78 Å². The van der Waals surface area contributed by atoms with Gasteiger partial charge in [0.05, 0.1) is 6.54 Å². The standard InChI is InChI=1S/C17H15F2NO2/c18-13-6-4-12(5-7-13)17(21)20-9-8-16(11-20)22-15-3-1-2-14(19)10-15/h1-7,10,16H,8-9,11H2. The van der Waals surface area contributed by atoms with Gasteiger partial charge in [0.15, 0.2) is 0 Å². The second kappa shape index (κ2) is 6.13. The van der Waals surface area contributed by atoms with Crippen LogP contribution in [0.3, 0.4) is 0 Å². The first-order chi connectivity index (χ1) is 10.6. The summed E-state index contributed by atoms with van der Waals surface area (Å²) >= 11 is 0. The summed E-state index contributed by atoms with van der Waals surface area (Å²) < 4.78 is 31.7. The summed E-state index contributed by atoms with van der Waals surface area (Å²) in [4.78, 5) is 14.0. The van der Waals surface area contributed by atoms with Gasteiger partial charge in [-0.3, -0.25) is 4.79 Å². The number of nitrogens with zero attached hydrogens (tertiary/aromatic N) is 1. The minimum atomic E-state index is -0.370. The maximum absolute atomic E-state index is 13.1. The first kappa shape index (κ1) is 14.5. The Morgan fingerprint density at radius 1 is 1.09 bits per heavy atom. The SMILES string of the molecule is O=C(c1ccc(F)cc1)N1CCC(Oc2cccc(F)c2)C1. The maximum Gasteiger partial charge on any atom is 0.253 e. The van der Waals surface area contributed by atoms with E-state index in [1.807, 2.05) is 0 Å². The van der Waals surface area contributed by atoms with Gasteiger partial charge in [-0.15, -0.1) is 0 Å². The van der Waals surface area contributed by atoms with Crippen LogP contribution in [-0.2, 0) is 0 Å². The second-order valence-corrected chi connectivity index (χ2v) is 5.24. The molecule has 1 aliphatic rings. The van der Waals surface area contributed by atoms with Crippen molar-refractivity contribution < 1.29 is 18.3 Å². The lowest BCUT2D eigenvalue weighted by atomic mass is 10.2. The quantitative estimate of drug-likeness (QED) is 0.871. The first-order valence-corrected chi connectivity index (χ1v) is 7.09. The lowest BCUT2D eigenvalue weighted by Crippen LogP contribution is -2.30. The number of ether oxygens (including phenoxy) is 1. The number of hydrogen-bond donors (Lipinski definition) is 0. The first-order valence-electron chi connectivity index (χ1n) is 7.09. The van der Waals surface area contributed by atoms with Crippen LogP contribution in [0.2, 0.25) is 0 Å². The zero-order valence-electron chi connectivity index (χ0n) is 11.8. The average molecular weight is 303 g/mol. The number of rotatable bonds is 3. The van der Waals surface area contributed by atoms with Crippen LogP contribution in [0, 0.1) is 11.6 Å². The van der Waals surface area contributed by atoms with E-state index < -0.39 is 0 Å². The van der Waals surface area contributed by atoms with E-state index in [9.17, 15) is 13.6 Å². The molecule has 0 saturated carbocycles. The zero-order valence-corrected chi connectivity index (χ0v) is 11.8. The van der Waals surface area contributed by atoms with Crippen LogP contribution in [0.25, 0.3) is 0 Å². The van der Waals surface area contributed by atoms with Gasteiger partial charge in [0.25, 0.3) is 5.91 Å². The molecule has 114 valence electrons. The summed E-state index contributed by atoms with van der Waals surface area (Å²) in [6, 6.07) is 11.4. The molecule has 1 aliphatic heterocycles. The van der Waals surface area contributed by atoms with Crippen molar-refractivity contribution in [3.63, 3.8) is 0 Å². The third-order valence-electron chi connectivity index (χ3n) is 3.62. The van der Waals surface area contributed by atoms with Gasteiger partial charge >= 0.3 is 0 Å². The molecule has 3 nitrogen and oxygen atoms in total. The van der Waals surface area contributed by atoms with Crippen LogP contribution < -0.4 is 4.74 Å². The molecule has 0 bridgehead atoms. The minimum absolute atomic E-state index is 0.148. The largest absolute Gasteiger partial charge is 0.488 e. The number of halogens is 2. The molecule has 0 spiro atoms. The minimum Gasteiger partial charge on any atom is -0.488 e. The van der Waals surface area contributed by atoms with Gasteiger partial charge < -0.3 is 9.64 Å². The van der Waals surface area contributed by atoms with E-state index in [-0.39, 0.29) is 23.6 Å². The highest BCUT2D eigenvalue weighted by Crippen LogP contribution is 2.20. The summed E-state index contributed by atoms with van der Waals surface area (Å²) in [6.45, 7) is 1.00. The van der Waals surface area contributed by atoms with Crippen molar-refractivity contribution in [2.45, 2.75) is 12.5 Å². The Labute approximate surface area is 127 Å². The molecule has 1 amide bonds. The third kappa shape index (κ3) is 3.24. The van der Waals surface area contributed by atoms with Crippen molar-refractivity contribution in [1.82, 2.24) is 4.90 Å². The normalized spacial score (nSPS) is 17.5. The highest BCUT2D eigenvalue weighted by Gasteiger charge is 2.28. The van der Waals surface area contributed by atoms with Crippen molar-refractivity contribution in [1.29, 1.82) is 0 Å². The Hall–Kier alpha value is -2.43. The molecule has 1 saturated heterocycles. The second-order valence-electron chi connectivity index (χ2n) is 5.24. The molecule has 5 heteroatoms. The predicted molar refractivity (Wildman–Crippen MR) is 77.7 cm³/mol. The van der Waals surface area contributed by atoms with Gasteiger partial charge in [0.1, 0.15) is 23.5 Å². The lowest BCUT2D eigenvalue weighted by Gasteiger charge is -2.17. The fourth-order valence-electron chi connectivity index (χ4n) is 2.52. The van der Waals surface area contributed by atoms with Crippen LogP contribution in [-0.4, -0.2) is 30.0 Å². The lowest BCUT2D eigenvalue weighted by molar-refractivity contribution is 0.0772. The molecule has 0 N–H and O–H groups in total. The Bertz CT molecular complexity index is 673. The number of carbonyl (C=O) groups is 1. The molecule has 0 aliphatic carbocycles. The summed E-state index contributed by atoms with van der Waals surface area (Å²) in [5.74, 6) is -0.411. The van der Waals surface area contributed by atoms with E-state index in [4.69, 9.17) is 4.74 Å². The Kier molecular flexibility index (Phi) is 4.04. The van der Waals surface area contributed by atoms with Crippen LogP contribution in [0.5, 0.6) is 5.75 Å².